The summed E-state index contributed by atoms with van der Waals surface area (Å²) in [5.41, 5.74) is 6.39. The summed E-state index contributed by atoms with van der Waals surface area (Å²) in [4.78, 5) is 2.40. The van der Waals surface area contributed by atoms with Gasteiger partial charge in [0.1, 0.15) is 0 Å². The van der Waals surface area contributed by atoms with Crippen LogP contribution in [-0.4, -0.2) is 44.8 Å². The van der Waals surface area contributed by atoms with Crippen LogP contribution in [-0.2, 0) is 4.74 Å². The molecule has 88 valence electrons. The zero-order chi connectivity index (χ0) is 10.9. The van der Waals surface area contributed by atoms with Gasteiger partial charge < -0.3 is 15.4 Å². The largest absolute Gasteiger partial charge is 0.381 e. The smallest absolute Gasteiger partial charge is 0.0469 e. The number of nitrogens with two attached hydrogens (primary N) is 1. The quantitative estimate of drug-likeness (QED) is 0.758. The van der Waals surface area contributed by atoms with E-state index in [0.717, 1.165) is 25.7 Å². The highest BCUT2D eigenvalue weighted by molar-refractivity contribution is 5.05. The van der Waals surface area contributed by atoms with E-state index in [1.165, 1.54) is 25.7 Å². The molecule has 0 amide bonds. The monoisotopic (exact) mass is 212 g/mol. The van der Waals surface area contributed by atoms with Crippen LogP contribution >= 0.6 is 0 Å². The summed E-state index contributed by atoms with van der Waals surface area (Å²) in [6.45, 7) is 2.73. The van der Waals surface area contributed by atoms with E-state index >= 15 is 0 Å². The van der Waals surface area contributed by atoms with Gasteiger partial charge in [0, 0.05) is 19.3 Å². The molecule has 1 aliphatic carbocycles. The molecule has 0 bridgehead atoms. The highest BCUT2D eigenvalue weighted by Crippen LogP contribution is 2.52. The second kappa shape index (κ2) is 4.40. The van der Waals surface area contributed by atoms with Crippen molar-refractivity contribution in [3.05, 3.63) is 0 Å². The lowest BCUT2D eigenvalue weighted by Gasteiger charge is -2.40. The summed E-state index contributed by atoms with van der Waals surface area (Å²) < 4.78 is 5.45. The van der Waals surface area contributed by atoms with Crippen LogP contribution in [0.5, 0.6) is 0 Å². The molecule has 2 aliphatic rings. The maximum absolute atomic E-state index is 5.96. The van der Waals surface area contributed by atoms with Crippen molar-refractivity contribution in [3.8, 4) is 0 Å². The second-order valence-corrected chi connectivity index (χ2v) is 5.42. The molecule has 0 radical (unpaired) electrons. The molecule has 1 unspecified atom stereocenters. The van der Waals surface area contributed by atoms with E-state index < -0.39 is 0 Å². The van der Waals surface area contributed by atoms with Crippen molar-refractivity contribution < 1.29 is 4.74 Å². The van der Waals surface area contributed by atoms with E-state index in [2.05, 4.69) is 19.0 Å². The lowest BCUT2D eigenvalue weighted by atomic mass is 9.80. The van der Waals surface area contributed by atoms with Crippen LogP contribution in [0.4, 0.5) is 0 Å². The van der Waals surface area contributed by atoms with Crippen molar-refractivity contribution >= 4 is 0 Å². The van der Waals surface area contributed by atoms with E-state index in [9.17, 15) is 0 Å². The SMILES string of the molecule is CN(C)C(C1CCOCC1)C1(CN)CC1. The minimum atomic E-state index is 0.436. The highest BCUT2D eigenvalue weighted by atomic mass is 16.5. The Morgan fingerprint density at radius 1 is 1.33 bits per heavy atom. The number of hydrogen-bond donors (Lipinski definition) is 1. The molecule has 2 rings (SSSR count). The van der Waals surface area contributed by atoms with Gasteiger partial charge in [-0.05, 0) is 57.7 Å². The standard InChI is InChI=1S/C12H24N2O/c1-14(2)11(12(9-13)5-6-12)10-3-7-15-8-4-10/h10-11H,3-9,13H2,1-2H3. The van der Waals surface area contributed by atoms with Gasteiger partial charge in [0.15, 0.2) is 0 Å². The Kier molecular flexibility index (Phi) is 3.33. The first-order valence-electron chi connectivity index (χ1n) is 6.14. The van der Waals surface area contributed by atoms with Crippen molar-refractivity contribution in [1.82, 2.24) is 4.90 Å². The van der Waals surface area contributed by atoms with Crippen LogP contribution in [0.25, 0.3) is 0 Å². The fourth-order valence-corrected chi connectivity index (χ4v) is 3.28. The van der Waals surface area contributed by atoms with Crippen LogP contribution in [0.15, 0.2) is 0 Å². The first kappa shape index (κ1) is 11.4. The Morgan fingerprint density at radius 2 is 1.93 bits per heavy atom. The molecule has 2 fully saturated rings. The molecule has 1 saturated carbocycles. The maximum atomic E-state index is 5.96. The van der Waals surface area contributed by atoms with Gasteiger partial charge in [0.25, 0.3) is 0 Å². The van der Waals surface area contributed by atoms with Crippen LogP contribution < -0.4 is 5.73 Å². The molecule has 0 spiro atoms. The van der Waals surface area contributed by atoms with Crippen molar-refractivity contribution in [1.29, 1.82) is 0 Å². The Morgan fingerprint density at radius 3 is 2.33 bits per heavy atom. The summed E-state index contributed by atoms with van der Waals surface area (Å²) in [6, 6.07) is 0.673. The molecule has 1 saturated heterocycles. The van der Waals surface area contributed by atoms with Crippen molar-refractivity contribution in [3.63, 3.8) is 0 Å². The van der Waals surface area contributed by atoms with Crippen LogP contribution in [0.3, 0.4) is 0 Å². The zero-order valence-corrected chi connectivity index (χ0v) is 10.0. The second-order valence-electron chi connectivity index (χ2n) is 5.42. The summed E-state index contributed by atoms with van der Waals surface area (Å²) in [6.07, 6.45) is 5.07. The first-order chi connectivity index (χ1) is 7.19. The number of hydrogen-bond acceptors (Lipinski definition) is 3. The molecular weight excluding hydrogens is 188 g/mol. The molecule has 2 N–H and O–H groups in total. The zero-order valence-electron chi connectivity index (χ0n) is 10.0. The Labute approximate surface area is 93.0 Å². The summed E-state index contributed by atoms with van der Waals surface area (Å²) in [5.74, 6) is 0.791. The van der Waals surface area contributed by atoms with E-state index in [1.54, 1.807) is 0 Å². The van der Waals surface area contributed by atoms with Crippen LogP contribution in [0.1, 0.15) is 25.7 Å². The van der Waals surface area contributed by atoms with Crippen LogP contribution in [0, 0.1) is 11.3 Å². The van der Waals surface area contributed by atoms with Crippen molar-refractivity contribution in [2.24, 2.45) is 17.1 Å². The fraction of sp³-hybridized carbons (Fsp3) is 1.00. The molecule has 1 aliphatic heterocycles. The Balaban J connectivity index is 2.05. The topological polar surface area (TPSA) is 38.5 Å². The molecule has 1 heterocycles. The summed E-state index contributed by atoms with van der Waals surface area (Å²) >= 11 is 0. The lowest BCUT2D eigenvalue weighted by molar-refractivity contribution is 0.0169. The molecule has 3 heteroatoms. The van der Waals surface area contributed by atoms with Gasteiger partial charge in [0.05, 0.1) is 0 Å². The fourth-order valence-electron chi connectivity index (χ4n) is 3.28. The third kappa shape index (κ3) is 2.19. The minimum Gasteiger partial charge on any atom is -0.381 e. The minimum absolute atomic E-state index is 0.436. The normalized spacial score (nSPS) is 28.0. The van der Waals surface area contributed by atoms with Crippen molar-refractivity contribution in [2.75, 3.05) is 33.9 Å². The van der Waals surface area contributed by atoms with E-state index in [0.29, 0.717) is 11.5 Å². The Hall–Kier alpha value is -0.120. The van der Waals surface area contributed by atoms with Gasteiger partial charge in [-0.15, -0.1) is 0 Å². The maximum Gasteiger partial charge on any atom is 0.0469 e. The van der Waals surface area contributed by atoms with Gasteiger partial charge in [-0.2, -0.15) is 0 Å². The van der Waals surface area contributed by atoms with E-state index in [1.807, 2.05) is 0 Å². The average Bonchev–Trinajstić information content (AvgIpc) is 3.00. The van der Waals surface area contributed by atoms with Crippen LogP contribution in [0.2, 0.25) is 0 Å². The van der Waals surface area contributed by atoms with Crippen molar-refractivity contribution in [2.45, 2.75) is 31.7 Å². The van der Waals surface area contributed by atoms with Gasteiger partial charge in [0.2, 0.25) is 0 Å². The number of rotatable bonds is 4. The van der Waals surface area contributed by atoms with Gasteiger partial charge in [-0.25, -0.2) is 0 Å². The first-order valence-corrected chi connectivity index (χ1v) is 6.14. The van der Waals surface area contributed by atoms with E-state index in [-0.39, 0.29) is 0 Å². The molecule has 15 heavy (non-hydrogen) atoms. The van der Waals surface area contributed by atoms with Gasteiger partial charge in [-0.1, -0.05) is 0 Å². The number of ether oxygens (including phenoxy) is 1. The summed E-state index contributed by atoms with van der Waals surface area (Å²) in [7, 11) is 4.41. The van der Waals surface area contributed by atoms with Gasteiger partial charge in [-0.3, -0.25) is 0 Å². The molecule has 0 aromatic carbocycles. The highest BCUT2D eigenvalue weighted by Gasteiger charge is 2.51. The van der Waals surface area contributed by atoms with Gasteiger partial charge >= 0.3 is 0 Å². The average molecular weight is 212 g/mol. The number of nitrogens with zero attached hydrogens (tertiary/aromatic N) is 1. The lowest BCUT2D eigenvalue weighted by Crippen LogP contribution is -2.47. The predicted octanol–water partition coefficient (Wildman–Crippen LogP) is 1.08. The molecular formula is C12H24N2O. The molecule has 0 aromatic heterocycles. The molecule has 0 aromatic rings. The summed E-state index contributed by atoms with van der Waals surface area (Å²) in [5, 5.41) is 0. The third-order valence-corrected chi connectivity index (χ3v) is 4.19. The third-order valence-electron chi connectivity index (χ3n) is 4.19. The predicted molar refractivity (Wildman–Crippen MR) is 61.7 cm³/mol. The van der Waals surface area contributed by atoms with E-state index in [4.69, 9.17) is 10.5 Å². The molecule has 3 nitrogen and oxygen atoms in total. The molecule has 1 atom stereocenters. The Bertz CT molecular complexity index is 208.